The predicted molar refractivity (Wildman–Crippen MR) is 75.1 cm³/mol. The molecule has 110 valence electrons. The SMILES string of the molecule is COC(=O)c1cc(N)cnc1-n1ccc(C(=O)N(C)C)n1. The summed E-state index contributed by atoms with van der Waals surface area (Å²) < 4.78 is 6.03. The molecule has 0 saturated heterocycles. The van der Waals surface area contributed by atoms with Gasteiger partial charge in [0.2, 0.25) is 0 Å². The minimum absolute atomic E-state index is 0.171. The molecule has 2 aromatic heterocycles. The van der Waals surface area contributed by atoms with Crippen LogP contribution in [0.1, 0.15) is 20.8 Å². The van der Waals surface area contributed by atoms with Crippen molar-refractivity contribution in [1.82, 2.24) is 19.7 Å². The van der Waals surface area contributed by atoms with Crippen molar-refractivity contribution in [2.45, 2.75) is 0 Å². The zero-order chi connectivity index (χ0) is 15.6. The fraction of sp³-hybridized carbons (Fsp3) is 0.231. The summed E-state index contributed by atoms with van der Waals surface area (Å²) in [6.45, 7) is 0. The smallest absolute Gasteiger partial charge is 0.341 e. The van der Waals surface area contributed by atoms with Gasteiger partial charge in [-0.15, -0.1) is 0 Å². The first-order chi connectivity index (χ1) is 9.93. The first-order valence-electron chi connectivity index (χ1n) is 6.05. The highest BCUT2D eigenvalue weighted by atomic mass is 16.5. The molecule has 0 aliphatic rings. The standard InChI is InChI=1S/C13H15N5O3/c1-17(2)12(19)10-4-5-18(16-10)11-9(13(20)21-3)6-8(14)7-15-11/h4-7H,14H2,1-3H3. The minimum Gasteiger partial charge on any atom is -0.465 e. The average molecular weight is 289 g/mol. The Morgan fingerprint density at radius 3 is 2.71 bits per heavy atom. The van der Waals surface area contributed by atoms with Gasteiger partial charge in [0.25, 0.3) is 5.91 Å². The number of nitrogens with zero attached hydrogens (tertiary/aromatic N) is 4. The van der Waals surface area contributed by atoms with E-state index < -0.39 is 5.97 Å². The summed E-state index contributed by atoms with van der Waals surface area (Å²) in [4.78, 5) is 29.1. The summed E-state index contributed by atoms with van der Waals surface area (Å²) >= 11 is 0. The molecule has 1 amide bonds. The first-order valence-corrected chi connectivity index (χ1v) is 6.05. The molecule has 0 bridgehead atoms. The normalized spacial score (nSPS) is 10.2. The molecule has 2 rings (SSSR count). The summed E-state index contributed by atoms with van der Waals surface area (Å²) in [6, 6.07) is 2.99. The van der Waals surface area contributed by atoms with E-state index in [1.807, 2.05) is 0 Å². The molecule has 0 aromatic carbocycles. The molecule has 8 nitrogen and oxygen atoms in total. The largest absolute Gasteiger partial charge is 0.465 e. The zero-order valence-corrected chi connectivity index (χ0v) is 11.9. The topological polar surface area (TPSA) is 103 Å². The quantitative estimate of drug-likeness (QED) is 0.817. The van der Waals surface area contributed by atoms with Crippen LogP contribution in [0.15, 0.2) is 24.5 Å². The fourth-order valence-corrected chi connectivity index (χ4v) is 1.70. The number of nitrogens with two attached hydrogens (primary N) is 1. The van der Waals surface area contributed by atoms with E-state index in [0.717, 1.165) is 0 Å². The molecule has 0 aliphatic carbocycles. The lowest BCUT2D eigenvalue weighted by atomic mass is 10.2. The Hall–Kier alpha value is -2.90. The van der Waals surface area contributed by atoms with Crippen LogP contribution in [0, 0.1) is 0 Å². The molecular weight excluding hydrogens is 274 g/mol. The third kappa shape index (κ3) is 2.83. The number of hydrogen-bond acceptors (Lipinski definition) is 6. The number of carbonyl (C=O) groups is 2. The van der Waals surface area contributed by atoms with Crippen molar-refractivity contribution in [3.63, 3.8) is 0 Å². The molecule has 0 atom stereocenters. The number of hydrogen-bond donors (Lipinski definition) is 1. The number of pyridine rings is 1. The van der Waals surface area contributed by atoms with Crippen molar-refractivity contribution in [2.75, 3.05) is 26.9 Å². The van der Waals surface area contributed by atoms with Gasteiger partial charge in [0.05, 0.1) is 19.0 Å². The number of aromatic nitrogens is 3. The van der Waals surface area contributed by atoms with E-state index >= 15 is 0 Å². The number of rotatable bonds is 3. The van der Waals surface area contributed by atoms with Crippen LogP contribution >= 0.6 is 0 Å². The molecule has 0 saturated carbocycles. The summed E-state index contributed by atoms with van der Waals surface area (Å²) in [6.07, 6.45) is 2.94. The van der Waals surface area contributed by atoms with E-state index in [1.54, 1.807) is 26.4 Å². The molecule has 0 aliphatic heterocycles. The number of methoxy groups -OCH3 is 1. The van der Waals surface area contributed by atoms with Crippen LogP contribution in [0.25, 0.3) is 5.82 Å². The summed E-state index contributed by atoms with van der Waals surface area (Å²) in [5, 5.41) is 4.12. The van der Waals surface area contributed by atoms with Crippen LogP contribution in [0.4, 0.5) is 5.69 Å². The average Bonchev–Trinajstić information content (AvgIpc) is 2.94. The lowest BCUT2D eigenvalue weighted by molar-refractivity contribution is 0.0600. The Balaban J connectivity index is 2.48. The van der Waals surface area contributed by atoms with E-state index in [2.05, 4.69) is 10.1 Å². The van der Waals surface area contributed by atoms with E-state index in [9.17, 15) is 9.59 Å². The molecule has 0 radical (unpaired) electrons. The minimum atomic E-state index is -0.583. The molecule has 0 fully saturated rings. The van der Waals surface area contributed by atoms with Gasteiger partial charge in [-0.25, -0.2) is 14.5 Å². The summed E-state index contributed by atoms with van der Waals surface area (Å²) in [7, 11) is 4.52. The van der Waals surface area contributed by atoms with Crippen LogP contribution in [0.2, 0.25) is 0 Å². The van der Waals surface area contributed by atoms with Gasteiger partial charge in [-0.1, -0.05) is 0 Å². The molecule has 8 heteroatoms. The third-order valence-corrected chi connectivity index (χ3v) is 2.72. The van der Waals surface area contributed by atoms with Crippen LogP contribution in [0.3, 0.4) is 0 Å². The fourth-order valence-electron chi connectivity index (χ4n) is 1.70. The van der Waals surface area contributed by atoms with E-state index in [-0.39, 0.29) is 23.0 Å². The van der Waals surface area contributed by atoms with Gasteiger partial charge >= 0.3 is 5.97 Å². The molecule has 2 heterocycles. The Kier molecular flexibility index (Phi) is 3.88. The van der Waals surface area contributed by atoms with Crippen molar-refractivity contribution in [2.24, 2.45) is 0 Å². The van der Waals surface area contributed by atoms with Crippen molar-refractivity contribution < 1.29 is 14.3 Å². The van der Waals surface area contributed by atoms with Crippen LogP contribution in [-0.2, 0) is 4.74 Å². The second-order valence-corrected chi connectivity index (χ2v) is 4.48. The van der Waals surface area contributed by atoms with Gasteiger partial charge in [-0.3, -0.25) is 4.79 Å². The number of anilines is 1. The van der Waals surface area contributed by atoms with Crippen molar-refractivity contribution >= 4 is 17.6 Å². The van der Waals surface area contributed by atoms with Crippen molar-refractivity contribution in [1.29, 1.82) is 0 Å². The molecular formula is C13H15N5O3. The Bertz CT molecular complexity index is 693. The van der Waals surface area contributed by atoms with E-state index in [0.29, 0.717) is 5.69 Å². The highest BCUT2D eigenvalue weighted by Crippen LogP contribution is 2.16. The molecule has 0 unspecified atom stereocenters. The van der Waals surface area contributed by atoms with Crippen LogP contribution < -0.4 is 5.73 Å². The Morgan fingerprint density at radius 2 is 2.10 bits per heavy atom. The van der Waals surface area contributed by atoms with Crippen molar-refractivity contribution in [3.05, 3.63) is 35.8 Å². The molecule has 2 N–H and O–H groups in total. The maximum atomic E-state index is 11.8. The first kappa shape index (κ1) is 14.5. The third-order valence-electron chi connectivity index (χ3n) is 2.72. The molecule has 2 aromatic rings. The Morgan fingerprint density at radius 1 is 1.38 bits per heavy atom. The lowest BCUT2D eigenvalue weighted by Crippen LogP contribution is -2.22. The van der Waals surface area contributed by atoms with Crippen LogP contribution in [0.5, 0.6) is 0 Å². The molecule has 21 heavy (non-hydrogen) atoms. The monoisotopic (exact) mass is 289 g/mol. The van der Waals surface area contributed by atoms with Gasteiger partial charge < -0.3 is 15.4 Å². The maximum Gasteiger partial charge on any atom is 0.341 e. The summed E-state index contributed by atoms with van der Waals surface area (Å²) in [5.41, 5.74) is 6.38. The number of esters is 1. The second-order valence-electron chi connectivity index (χ2n) is 4.48. The zero-order valence-electron chi connectivity index (χ0n) is 11.9. The second kappa shape index (κ2) is 5.61. The van der Waals surface area contributed by atoms with Crippen molar-refractivity contribution in [3.8, 4) is 5.82 Å². The van der Waals surface area contributed by atoms with Gasteiger partial charge in [0, 0.05) is 20.3 Å². The highest BCUT2D eigenvalue weighted by Gasteiger charge is 2.18. The number of ether oxygens (including phenoxy) is 1. The number of nitrogen functional groups attached to an aromatic ring is 1. The summed E-state index contributed by atoms with van der Waals surface area (Å²) in [5.74, 6) is -0.585. The van der Waals surface area contributed by atoms with Gasteiger partial charge in [-0.2, -0.15) is 5.10 Å². The molecule has 0 spiro atoms. The van der Waals surface area contributed by atoms with E-state index in [4.69, 9.17) is 10.5 Å². The number of amides is 1. The van der Waals surface area contributed by atoms with Gasteiger partial charge in [0.1, 0.15) is 5.56 Å². The number of carbonyl (C=O) groups excluding carboxylic acids is 2. The maximum absolute atomic E-state index is 11.8. The lowest BCUT2D eigenvalue weighted by Gasteiger charge is -2.08. The van der Waals surface area contributed by atoms with Crippen LogP contribution in [-0.4, -0.2) is 52.7 Å². The van der Waals surface area contributed by atoms with E-state index in [1.165, 1.54) is 29.0 Å². The highest BCUT2D eigenvalue weighted by molar-refractivity contribution is 5.94. The predicted octanol–water partition coefficient (Wildman–Crippen LogP) is 0.338. The Labute approximate surface area is 121 Å². The van der Waals surface area contributed by atoms with Gasteiger partial charge in [0.15, 0.2) is 11.5 Å². The van der Waals surface area contributed by atoms with Gasteiger partial charge in [-0.05, 0) is 12.1 Å².